The second-order valence-corrected chi connectivity index (χ2v) is 7.99. The second kappa shape index (κ2) is 7.42. The average Bonchev–Trinajstić information content (AvgIpc) is 3.25. The number of carbonyl (C=O) groups is 1. The second-order valence-electron chi connectivity index (χ2n) is 6.31. The van der Waals surface area contributed by atoms with Crippen LogP contribution in [0.2, 0.25) is 0 Å². The number of para-hydroxylation sites is 1. The predicted octanol–water partition coefficient (Wildman–Crippen LogP) is 3.39. The van der Waals surface area contributed by atoms with Crippen LogP contribution in [0.1, 0.15) is 18.4 Å². The van der Waals surface area contributed by atoms with E-state index in [1.54, 1.807) is 12.0 Å². The molecule has 0 radical (unpaired) electrons. The quantitative estimate of drug-likeness (QED) is 0.581. The van der Waals surface area contributed by atoms with Crippen molar-refractivity contribution in [1.82, 2.24) is 4.90 Å². The summed E-state index contributed by atoms with van der Waals surface area (Å²) in [4.78, 5) is 15.0. The van der Waals surface area contributed by atoms with E-state index < -0.39 is 0 Å². The van der Waals surface area contributed by atoms with Crippen LogP contribution in [-0.4, -0.2) is 48.1 Å². The van der Waals surface area contributed by atoms with Gasteiger partial charge < -0.3 is 14.2 Å². The molecule has 3 aliphatic heterocycles. The number of thiocarbonyl (C=S) groups is 1. The molecular weight excluding hydrogens is 370 g/mol. The standard InChI is InChI=1S/C19H19NO4S2/c1-22-15-6-2-4-13-8-12(11-24-17(13)15)9-16-18(21)20(19(25)26-16)10-14-5-3-7-23-14/h2,4,6,8-9,14H,3,5,7,10-11H2,1H3. The predicted molar refractivity (Wildman–Crippen MR) is 105 cm³/mol. The molecule has 2 fully saturated rings. The topological polar surface area (TPSA) is 48.0 Å². The number of methoxy groups -OCH3 is 1. The van der Waals surface area contributed by atoms with Gasteiger partial charge in [0, 0.05) is 12.2 Å². The third-order valence-electron chi connectivity index (χ3n) is 4.55. The third kappa shape index (κ3) is 3.39. The van der Waals surface area contributed by atoms with Gasteiger partial charge >= 0.3 is 0 Å². The van der Waals surface area contributed by atoms with Gasteiger partial charge in [-0.05, 0) is 36.6 Å². The maximum Gasteiger partial charge on any atom is 0.266 e. The number of amides is 1. The lowest BCUT2D eigenvalue weighted by Gasteiger charge is -2.19. The van der Waals surface area contributed by atoms with E-state index in [-0.39, 0.29) is 12.0 Å². The third-order valence-corrected chi connectivity index (χ3v) is 5.93. The van der Waals surface area contributed by atoms with Crippen molar-refractivity contribution in [3.05, 3.63) is 40.3 Å². The van der Waals surface area contributed by atoms with Crippen LogP contribution in [0.15, 0.2) is 34.8 Å². The number of rotatable bonds is 4. The van der Waals surface area contributed by atoms with Crippen LogP contribution in [0.3, 0.4) is 0 Å². The minimum Gasteiger partial charge on any atom is -0.493 e. The van der Waals surface area contributed by atoms with Crippen molar-refractivity contribution in [2.24, 2.45) is 0 Å². The number of nitrogens with zero attached hydrogens (tertiary/aromatic N) is 1. The summed E-state index contributed by atoms with van der Waals surface area (Å²) in [6, 6.07) is 5.75. The monoisotopic (exact) mass is 389 g/mol. The fraction of sp³-hybridized carbons (Fsp3) is 0.368. The van der Waals surface area contributed by atoms with Crippen LogP contribution in [0, 0.1) is 0 Å². The van der Waals surface area contributed by atoms with Crippen molar-refractivity contribution in [1.29, 1.82) is 0 Å². The van der Waals surface area contributed by atoms with Crippen LogP contribution < -0.4 is 9.47 Å². The minimum atomic E-state index is -0.0483. The molecule has 136 valence electrons. The lowest BCUT2D eigenvalue weighted by atomic mass is 10.1. The number of hydrogen-bond donors (Lipinski definition) is 0. The Morgan fingerprint density at radius 2 is 2.35 bits per heavy atom. The zero-order chi connectivity index (χ0) is 18.1. The molecule has 0 saturated carbocycles. The van der Waals surface area contributed by atoms with Crippen LogP contribution in [0.5, 0.6) is 11.5 Å². The molecule has 0 bridgehead atoms. The van der Waals surface area contributed by atoms with E-state index in [9.17, 15) is 4.79 Å². The highest BCUT2D eigenvalue weighted by Gasteiger charge is 2.34. The Morgan fingerprint density at radius 1 is 1.46 bits per heavy atom. The lowest BCUT2D eigenvalue weighted by Crippen LogP contribution is -2.35. The molecule has 5 nitrogen and oxygen atoms in total. The molecule has 1 atom stereocenters. The molecule has 1 amide bonds. The molecule has 3 heterocycles. The molecule has 0 aromatic heterocycles. The van der Waals surface area contributed by atoms with E-state index in [1.165, 1.54) is 11.8 Å². The summed E-state index contributed by atoms with van der Waals surface area (Å²) >= 11 is 6.74. The first-order chi connectivity index (χ1) is 12.7. The van der Waals surface area contributed by atoms with Gasteiger partial charge in [0.2, 0.25) is 0 Å². The van der Waals surface area contributed by atoms with Crippen molar-refractivity contribution in [2.45, 2.75) is 18.9 Å². The van der Waals surface area contributed by atoms with E-state index in [1.807, 2.05) is 30.4 Å². The molecule has 26 heavy (non-hydrogen) atoms. The van der Waals surface area contributed by atoms with Gasteiger partial charge in [0.25, 0.3) is 5.91 Å². The van der Waals surface area contributed by atoms with Gasteiger partial charge in [-0.15, -0.1) is 0 Å². The highest BCUT2D eigenvalue weighted by Crippen LogP contribution is 2.38. The number of carbonyl (C=O) groups excluding carboxylic acids is 1. The minimum absolute atomic E-state index is 0.0483. The van der Waals surface area contributed by atoms with Crippen molar-refractivity contribution in [3.63, 3.8) is 0 Å². The first-order valence-corrected chi connectivity index (χ1v) is 9.75. The zero-order valence-electron chi connectivity index (χ0n) is 14.4. The van der Waals surface area contributed by atoms with E-state index >= 15 is 0 Å². The highest BCUT2D eigenvalue weighted by atomic mass is 32.2. The summed E-state index contributed by atoms with van der Waals surface area (Å²) in [7, 11) is 1.62. The van der Waals surface area contributed by atoms with E-state index in [2.05, 4.69) is 0 Å². The van der Waals surface area contributed by atoms with Crippen molar-refractivity contribution in [3.8, 4) is 11.5 Å². The van der Waals surface area contributed by atoms with Gasteiger partial charge in [0.1, 0.15) is 10.9 Å². The Morgan fingerprint density at radius 3 is 3.12 bits per heavy atom. The smallest absolute Gasteiger partial charge is 0.266 e. The Balaban J connectivity index is 1.54. The van der Waals surface area contributed by atoms with Crippen LogP contribution >= 0.6 is 24.0 Å². The van der Waals surface area contributed by atoms with Crippen molar-refractivity contribution >= 4 is 40.3 Å². The summed E-state index contributed by atoms with van der Waals surface area (Å²) in [6.07, 6.45) is 6.01. The molecule has 1 unspecified atom stereocenters. The SMILES string of the molecule is COc1cccc2c1OCC(C=C1SC(=S)N(CC3CCCO3)C1=O)=C2. The number of benzene rings is 1. The molecule has 4 rings (SSSR count). The van der Waals surface area contributed by atoms with Crippen molar-refractivity contribution < 1.29 is 19.0 Å². The van der Waals surface area contributed by atoms with Crippen LogP contribution in [0.4, 0.5) is 0 Å². The number of fused-ring (bicyclic) bond motifs is 1. The molecule has 2 saturated heterocycles. The number of hydrogen-bond acceptors (Lipinski definition) is 6. The van der Waals surface area contributed by atoms with Gasteiger partial charge in [-0.3, -0.25) is 9.69 Å². The Hall–Kier alpha value is -1.83. The van der Waals surface area contributed by atoms with Crippen molar-refractivity contribution in [2.75, 3.05) is 26.9 Å². The first-order valence-electron chi connectivity index (χ1n) is 8.53. The lowest BCUT2D eigenvalue weighted by molar-refractivity contribution is -0.123. The molecule has 0 N–H and O–H groups in total. The van der Waals surface area contributed by atoms with Crippen LogP contribution in [-0.2, 0) is 9.53 Å². The Kier molecular flexibility index (Phi) is 5.02. The fourth-order valence-corrected chi connectivity index (χ4v) is 4.55. The molecule has 7 heteroatoms. The van der Waals surface area contributed by atoms with Gasteiger partial charge in [-0.1, -0.05) is 36.1 Å². The summed E-state index contributed by atoms with van der Waals surface area (Å²) in [5.74, 6) is 1.40. The molecule has 1 aromatic rings. The summed E-state index contributed by atoms with van der Waals surface area (Å²) in [6.45, 7) is 1.70. The fourth-order valence-electron chi connectivity index (χ4n) is 3.26. The Labute approximate surface area is 162 Å². The number of ether oxygens (including phenoxy) is 3. The zero-order valence-corrected chi connectivity index (χ0v) is 16.0. The summed E-state index contributed by atoms with van der Waals surface area (Å²) in [5.41, 5.74) is 1.88. The van der Waals surface area contributed by atoms with Gasteiger partial charge in [-0.25, -0.2) is 0 Å². The van der Waals surface area contributed by atoms with E-state index in [0.29, 0.717) is 28.1 Å². The molecule has 3 aliphatic rings. The highest BCUT2D eigenvalue weighted by molar-refractivity contribution is 8.26. The number of thioether (sulfide) groups is 1. The largest absolute Gasteiger partial charge is 0.493 e. The summed E-state index contributed by atoms with van der Waals surface area (Å²) < 4.78 is 17.4. The Bertz CT molecular complexity index is 812. The average molecular weight is 389 g/mol. The van der Waals surface area contributed by atoms with E-state index in [4.69, 9.17) is 26.4 Å². The maximum atomic E-state index is 12.7. The van der Waals surface area contributed by atoms with Gasteiger partial charge in [0.15, 0.2) is 11.5 Å². The molecule has 0 spiro atoms. The summed E-state index contributed by atoms with van der Waals surface area (Å²) in [5, 5.41) is 0. The maximum absolute atomic E-state index is 12.7. The van der Waals surface area contributed by atoms with Gasteiger partial charge in [-0.2, -0.15) is 0 Å². The van der Waals surface area contributed by atoms with Crippen LogP contribution in [0.25, 0.3) is 6.08 Å². The first kappa shape index (κ1) is 17.6. The molecular formula is C19H19NO4S2. The normalized spacial score (nSPS) is 23.9. The van der Waals surface area contributed by atoms with E-state index in [0.717, 1.165) is 36.3 Å². The molecule has 0 aliphatic carbocycles. The molecule has 1 aromatic carbocycles. The van der Waals surface area contributed by atoms with Gasteiger partial charge in [0.05, 0.1) is 24.7 Å².